The zero-order valence-electron chi connectivity index (χ0n) is 10.2. The average Bonchev–Trinajstić information content (AvgIpc) is 2.42. The fourth-order valence-corrected chi connectivity index (χ4v) is 2.73. The van der Waals surface area contributed by atoms with Gasteiger partial charge in [0, 0.05) is 20.0 Å². The van der Waals surface area contributed by atoms with Gasteiger partial charge in [0.25, 0.3) is 0 Å². The molecule has 0 aromatic heterocycles. The van der Waals surface area contributed by atoms with Crippen molar-refractivity contribution in [2.45, 2.75) is 9.79 Å². The predicted octanol–water partition coefficient (Wildman–Crippen LogP) is 3.97. The van der Waals surface area contributed by atoms with Crippen molar-refractivity contribution < 1.29 is 9.53 Å². The topological polar surface area (TPSA) is 52.3 Å². The second-order valence-electron chi connectivity index (χ2n) is 3.80. The fraction of sp³-hybridized carbons (Fsp3) is 0.0714. The van der Waals surface area contributed by atoms with Gasteiger partial charge in [-0.1, -0.05) is 27.7 Å². The van der Waals surface area contributed by atoms with Gasteiger partial charge >= 0.3 is 5.97 Å². The number of ether oxygens (including phenoxy) is 1. The first kappa shape index (κ1) is 14.0. The molecule has 2 aromatic rings. The number of anilines is 1. The molecule has 19 heavy (non-hydrogen) atoms. The Hall–Kier alpha value is -1.46. The molecule has 0 atom stereocenters. The van der Waals surface area contributed by atoms with E-state index in [1.54, 1.807) is 23.9 Å². The van der Waals surface area contributed by atoms with Gasteiger partial charge < -0.3 is 10.5 Å². The number of hydrogen-bond donors (Lipinski definition) is 1. The van der Waals surface area contributed by atoms with Gasteiger partial charge in [0.2, 0.25) is 0 Å². The van der Waals surface area contributed by atoms with Crippen LogP contribution in [0, 0.1) is 0 Å². The van der Waals surface area contributed by atoms with Crippen molar-refractivity contribution in [1.29, 1.82) is 0 Å². The Labute approximate surface area is 124 Å². The Balaban J connectivity index is 2.17. The second-order valence-corrected chi connectivity index (χ2v) is 5.83. The van der Waals surface area contributed by atoms with Crippen molar-refractivity contribution in [3.8, 4) is 0 Å². The van der Waals surface area contributed by atoms with Crippen LogP contribution in [0.2, 0.25) is 0 Å². The Morgan fingerprint density at radius 2 is 1.89 bits per heavy atom. The van der Waals surface area contributed by atoms with E-state index in [2.05, 4.69) is 20.7 Å². The van der Waals surface area contributed by atoms with E-state index < -0.39 is 0 Å². The highest BCUT2D eigenvalue weighted by molar-refractivity contribution is 9.10. The summed E-state index contributed by atoms with van der Waals surface area (Å²) in [7, 11) is 1.37. The van der Waals surface area contributed by atoms with E-state index in [9.17, 15) is 4.79 Å². The summed E-state index contributed by atoms with van der Waals surface area (Å²) in [5.74, 6) is -0.334. The van der Waals surface area contributed by atoms with Crippen LogP contribution in [0.15, 0.2) is 56.7 Å². The predicted molar refractivity (Wildman–Crippen MR) is 80.5 cm³/mol. The van der Waals surface area contributed by atoms with E-state index in [0.717, 1.165) is 20.0 Å². The van der Waals surface area contributed by atoms with Crippen LogP contribution < -0.4 is 5.73 Å². The minimum Gasteiger partial charge on any atom is -0.465 e. The smallest absolute Gasteiger partial charge is 0.337 e. The van der Waals surface area contributed by atoms with Crippen molar-refractivity contribution in [2.24, 2.45) is 0 Å². The number of halogens is 1. The maximum absolute atomic E-state index is 11.3. The zero-order chi connectivity index (χ0) is 13.8. The van der Waals surface area contributed by atoms with Crippen molar-refractivity contribution in [3.05, 3.63) is 52.5 Å². The van der Waals surface area contributed by atoms with E-state index in [1.807, 2.05) is 30.3 Å². The molecule has 0 unspecified atom stereocenters. The van der Waals surface area contributed by atoms with Gasteiger partial charge in [0.15, 0.2) is 0 Å². The SMILES string of the molecule is COC(=O)c1ccc(Sc2ccc(Br)cc2N)cc1. The first-order valence-electron chi connectivity index (χ1n) is 5.51. The van der Waals surface area contributed by atoms with Crippen molar-refractivity contribution in [1.82, 2.24) is 0 Å². The van der Waals surface area contributed by atoms with Gasteiger partial charge in [-0.25, -0.2) is 4.79 Å². The van der Waals surface area contributed by atoms with Gasteiger partial charge in [-0.15, -0.1) is 0 Å². The van der Waals surface area contributed by atoms with Gasteiger partial charge in [-0.3, -0.25) is 0 Å². The molecule has 2 rings (SSSR count). The third-order valence-electron chi connectivity index (χ3n) is 2.48. The normalized spacial score (nSPS) is 10.2. The molecule has 0 radical (unpaired) electrons. The summed E-state index contributed by atoms with van der Waals surface area (Å²) in [6, 6.07) is 13.0. The number of methoxy groups -OCH3 is 1. The van der Waals surface area contributed by atoms with Gasteiger partial charge in [-0.2, -0.15) is 0 Å². The van der Waals surface area contributed by atoms with E-state index >= 15 is 0 Å². The quantitative estimate of drug-likeness (QED) is 0.680. The highest BCUT2D eigenvalue weighted by Crippen LogP contribution is 2.33. The number of nitrogens with two attached hydrogens (primary N) is 1. The van der Waals surface area contributed by atoms with Crippen molar-refractivity contribution >= 4 is 39.3 Å². The molecule has 0 aliphatic rings. The Morgan fingerprint density at radius 1 is 1.21 bits per heavy atom. The minimum absolute atomic E-state index is 0.334. The van der Waals surface area contributed by atoms with Crippen LogP contribution >= 0.6 is 27.7 Å². The molecular weight excluding hydrogens is 326 g/mol. The lowest BCUT2D eigenvalue weighted by molar-refractivity contribution is 0.0600. The van der Waals surface area contributed by atoms with E-state index in [-0.39, 0.29) is 5.97 Å². The number of benzene rings is 2. The van der Waals surface area contributed by atoms with Gasteiger partial charge in [0.1, 0.15) is 0 Å². The highest BCUT2D eigenvalue weighted by atomic mass is 79.9. The van der Waals surface area contributed by atoms with Crippen LogP contribution in [0.4, 0.5) is 5.69 Å². The summed E-state index contributed by atoms with van der Waals surface area (Å²) in [6.45, 7) is 0. The molecule has 0 aliphatic carbocycles. The first-order chi connectivity index (χ1) is 9.10. The molecule has 2 aromatic carbocycles. The minimum atomic E-state index is -0.334. The Bertz CT molecular complexity index is 599. The number of carbonyl (C=O) groups excluding carboxylic acids is 1. The van der Waals surface area contributed by atoms with Gasteiger partial charge in [-0.05, 0) is 42.5 Å². The summed E-state index contributed by atoms with van der Waals surface area (Å²) < 4.78 is 5.61. The van der Waals surface area contributed by atoms with Gasteiger partial charge in [0.05, 0.1) is 12.7 Å². The number of carbonyl (C=O) groups is 1. The molecule has 98 valence electrons. The van der Waals surface area contributed by atoms with Crippen LogP contribution in [0.1, 0.15) is 10.4 Å². The molecule has 0 saturated heterocycles. The third-order valence-corrected chi connectivity index (χ3v) is 4.07. The Kier molecular flexibility index (Phi) is 4.50. The summed E-state index contributed by atoms with van der Waals surface area (Å²) in [5, 5.41) is 0. The molecule has 0 spiro atoms. The van der Waals surface area contributed by atoms with Crippen LogP contribution in [0.3, 0.4) is 0 Å². The van der Waals surface area contributed by atoms with Crippen LogP contribution in [-0.2, 0) is 4.74 Å². The lowest BCUT2D eigenvalue weighted by atomic mass is 10.2. The largest absolute Gasteiger partial charge is 0.465 e. The zero-order valence-corrected chi connectivity index (χ0v) is 12.6. The van der Waals surface area contributed by atoms with Crippen LogP contribution in [0.25, 0.3) is 0 Å². The van der Waals surface area contributed by atoms with Crippen molar-refractivity contribution in [2.75, 3.05) is 12.8 Å². The van der Waals surface area contributed by atoms with Crippen molar-refractivity contribution in [3.63, 3.8) is 0 Å². The summed E-state index contributed by atoms with van der Waals surface area (Å²) in [5.41, 5.74) is 7.20. The van der Waals surface area contributed by atoms with E-state index in [4.69, 9.17) is 5.73 Å². The molecule has 0 fully saturated rings. The standard InChI is InChI=1S/C14H12BrNO2S/c1-18-14(17)9-2-5-11(6-3-9)19-13-7-4-10(15)8-12(13)16/h2-8H,16H2,1H3. The molecule has 0 amide bonds. The summed E-state index contributed by atoms with van der Waals surface area (Å²) in [6.07, 6.45) is 0. The monoisotopic (exact) mass is 337 g/mol. The summed E-state index contributed by atoms with van der Waals surface area (Å²) in [4.78, 5) is 13.3. The number of hydrogen-bond acceptors (Lipinski definition) is 4. The van der Waals surface area contributed by atoms with E-state index in [0.29, 0.717) is 5.56 Å². The third kappa shape index (κ3) is 3.52. The number of rotatable bonds is 3. The molecular formula is C14H12BrNO2S. The Morgan fingerprint density at radius 3 is 2.47 bits per heavy atom. The number of nitrogen functional groups attached to an aromatic ring is 1. The lowest BCUT2D eigenvalue weighted by Gasteiger charge is -2.06. The fourth-order valence-electron chi connectivity index (χ4n) is 1.52. The van der Waals surface area contributed by atoms with E-state index in [1.165, 1.54) is 7.11 Å². The number of esters is 1. The summed E-state index contributed by atoms with van der Waals surface area (Å²) >= 11 is 4.93. The average molecular weight is 338 g/mol. The molecule has 3 nitrogen and oxygen atoms in total. The molecule has 2 N–H and O–H groups in total. The molecule has 5 heteroatoms. The molecule has 0 heterocycles. The maximum atomic E-state index is 11.3. The maximum Gasteiger partial charge on any atom is 0.337 e. The highest BCUT2D eigenvalue weighted by Gasteiger charge is 2.06. The molecule has 0 bridgehead atoms. The first-order valence-corrected chi connectivity index (χ1v) is 7.12. The molecule has 0 aliphatic heterocycles. The second kappa shape index (κ2) is 6.12. The molecule has 0 saturated carbocycles. The van der Waals surface area contributed by atoms with Crippen LogP contribution in [-0.4, -0.2) is 13.1 Å². The van der Waals surface area contributed by atoms with Crippen LogP contribution in [0.5, 0.6) is 0 Å². The lowest BCUT2D eigenvalue weighted by Crippen LogP contribution is -2.00.